The van der Waals surface area contributed by atoms with E-state index in [1.807, 2.05) is 0 Å². The Bertz CT molecular complexity index is 155. The van der Waals surface area contributed by atoms with Crippen molar-refractivity contribution >= 4 is 5.97 Å². The van der Waals surface area contributed by atoms with E-state index in [-0.39, 0.29) is 5.97 Å². The van der Waals surface area contributed by atoms with Crippen molar-refractivity contribution in [2.45, 2.75) is 71.1 Å². The molecule has 0 aliphatic rings. The first-order chi connectivity index (χ1) is 7.81. The van der Waals surface area contributed by atoms with Gasteiger partial charge in [-0.1, -0.05) is 58.8 Å². The maximum absolute atomic E-state index is 11.2. The highest BCUT2D eigenvalue weighted by molar-refractivity contribution is 5.69. The molecule has 0 N–H and O–H groups in total. The number of rotatable bonds is 11. The van der Waals surface area contributed by atoms with E-state index in [2.05, 4.69) is 13.8 Å². The number of hydrogen-bond acceptors (Lipinski definition) is 2. The molecule has 0 fully saturated rings. The van der Waals surface area contributed by atoms with Crippen LogP contribution in [0.15, 0.2) is 0 Å². The molecule has 0 heterocycles. The molecule has 0 aliphatic heterocycles. The van der Waals surface area contributed by atoms with Gasteiger partial charge in [-0.3, -0.25) is 4.79 Å². The normalized spacial score (nSPS) is 10.4. The van der Waals surface area contributed by atoms with E-state index >= 15 is 0 Å². The first-order valence-corrected chi connectivity index (χ1v) is 6.76. The molecule has 0 aromatic carbocycles. The maximum Gasteiger partial charge on any atom is 0.305 e. The van der Waals surface area contributed by atoms with Gasteiger partial charge in [-0.25, -0.2) is 0 Å². The molecule has 0 aliphatic carbocycles. The minimum Gasteiger partial charge on any atom is -0.466 e. The predicted octanol–water partition coefficient (Wildman–Crippen LogP) is 4.28. The Balaban J connectivity index is 3.09. The molecule has 16 heavy (non-hydrogen) atoms. The van der Waals surface area contributed by atoms with Gasteiger partial charge in [-0.05, 0) is 12.8 Å². The van der Waals surface area contributed by atoms with Gasteiger partial charge in [0.2, 0.25) is 0 Å². The molecule has 95 valence electrons. The third-order valence-corrected chi connectivity index (χ3v) is 2.64. The molecule has 0 rings (SSSR count). The Kier molecular flexibility index (Phi) is 12.1. The van der Waals surface area contributed by atoms with Crippen molar-refractivity contribution in [2.75, 3.05) is 6.61 Å². The smallest absolute Gasteiger partial charge is 0.305 e. The van der Waals surface area contributed by atoms with Gasteiger partial charge < -0.3 is 4.74 Å². The van der Waals surface area contributed by atoms with Crippen molar-refractivity contribution in [1.29, 1.82) is 0 Å². The molecular formula is C14H27O2. The molecule has 0 unspecified atom stereocenters. The summed E-state index contributed by atoms with van der Waals surface area (Å²) in [5.41, 5.74) is 0. The van der Waals surface area contributed by atoms with Crippen molar-refractivity contribution < 1.29 is 9.53 Å². The molecule has 0 aromatic heterocycles. The molecule has 0 saturated heterocycles. The molecular weight excluding hydrogens is 200 g/mol. The maximum atomic E-state index is 11.2. The highest BCUT2D eigenvalue weighted by atomic mass is 16.5. The fourth-order valence-electron chi connectivity index (χ4n) is 1.59. The Morgan fingerprint density at radius 1 is 1.00 bits per heavy atom. The first-order valence-electron chi connectivity index (χ1n) is 6.76. The third-order valence-electron chi connectivity index (χ3n) is 2.64. The monoisotopic (exact) mass is 227 g/mol. The number of unbranched alkanes of at least 4 members (excludes halogenated alkanes) is 7. The topological polar surface area (TPSA) is 26.3 Å². The average Bonchev–Trinajstić information content (AvgIpc) is 2.28. The molecule has 0 atom stereocenters. The van der Waals surface area contributed by atoms with Crippen LogP contribution in [0.1, 0.15) is 71.1 Å². The van der Waals surface area contributed by atoms with E-state index in [0.29, 0.717) is 13.0 Å². The van der Waals surface area contributed by atoms with E-state index in [9.17, 15) is 4.79 Å². The Hall–Kier alpha value is -0.530. The average molecular weight is 227 g/mol. The van der Waals surface area contributed by atoms with Crippen molar-refractivity contribution in [2.24, 2.45) is 0 Å². The molecule has 0 amide bonds. The van der Waals surface area contributed by atoms with Gasteiger partial charge in [-0.2, -0.15) is 0 Å². The zero-order valence-electron chi connectivity index (χ0n) is 10.8. The lowest BCUT2D eigenvalue weighted by molar-refractivity contribution is -0.143. The van der Waals surface area contributed by atoms with Gasteiger partial charge >= 0.3 is 5.97 Å². The van der Waals surface area contributed by atoms with Crippen LogP contribution in [0.25, 0.3) is 0 Å². The summed E-state index contributed by atoms with van der Waals surface area (Å²) in [5, 5.41) is 0. The molecule has 2 heteroatoms. The minimum absolute atomic E-state index is 0.0398. The second-order valence-corrected chi connectivity index (χ2v) is 4.30. The summed E-state index contributed by atoms with van der Waals surface area (Å²) in [4.78, 5) is 11.2. The number of hydrogen-bond donors (Lipinski definition) is 0. The zero-order chi connectivity index (χ0) is 12.1. The standard InChI is InChI=1S/C14H27O2/c1-3-5-7-8-9-11-13-16-14(15)12-10-6-4-2/h2-13H2,1H3. The molecule has 1 radical (unpaired) electrons. The lowest BCUT2D eigenvalue weighted by atomic mass is 10.1. The van der Waals surface area contributed by atoms with Crippen molar-refractivity contribution in [3.05, 3.63) is 6.92 Å². The first kappa shape index (κ1) is 15.5. The SMILES string of the molecule is [CH2]CCCCC(=O)OCCCCCCCC. The predicted molar refractivity (Wildman–Crippen MR) is 68.2 cm³/mol. The Labute approximate surface area is 101 Å². The zero-order valence-corrected chi connectivity index (χ0v) is 10.8. The highest BCUT2D eigenvalue weighted by Crippen LogP contribution is 2.06. The number of esters is 1. The summed E-state index contributed by atoms with van der Waals surface area (Å²) < 4.78 is 5.14. The van der Waals surface area contributed by atoms with Crippen LogP contribution in [0.5, 0.6) is 0 Å². The molecule has 0 bridgehead atoms. The minimum atomic E-state index is -0.0398. The van der Waals surface area contributed by atoms with Crippen LogP contribution in [-0.2, 0) is 9.53 Å². The molecule has 0 saturated carbocycles. The van der Waals surface area contributed by atoms with E-state index in [1.54, 1.807) is 0 Å². The van der Waals surface area contributed by atoms with Crippen LogP contribution in [0.2, 0.25) is 0 Å². The van der Waals surface area contributed by atoms with Crippen LogP contribution in [-0.4, -0.2) is 12.6 Å². The fraction of sp³-hybridized carbons (Fsp3) is 0.857. The molecule has 2 nitrogen and oxygen atoms in total. The lowest BCUT2D eigenvalue weighted by Gasteiger charge is -2.04. The lowest BCUT2D eigenvalue weighted by Crippen LogP contribution is -2.05. The number of carbonyl (C=O) groups excluding carboxylic acids is 1. The highest BCUT2D eigenvalue weighted by Gasteiger charge is 2.01. The number of carbonyl (C=O) groups is 1. The second-order valence-electron chi connectivity index (χ2n) is 4.30. The summed E-state index contributed by atoms with van der Waals surface area (Å²) in [6.45, 7) is 6.56. The van der Waals surface area contributed by atoms with Gasteiger partial charge in [0.1, 0.15) is 0 Å². The quantitative estimate of drug-likeness (QED) is 0.389. The van der Waals surface area contributed by atoms with Crippen molar-refractivity contribution in [3.63, 3.8) is 0 Å². The Morgan fingerprint density at radius 2 is 1.69 bits per heavy atom. The van der Waals surface area contributed by atoms with Crippen molar-refractivity contribution in [3.8, 4) is 0 Å². The van der Waals surface area contributed by atoms with E-state index in [0.717, 1.165) is 25.7 Å². The fourth-order valence-corrected chi connectivity index (χ4v) is 1.59. The van der Waals surface area contributed by atoms with Crippen LogP contribution >= 0.6 is 0 Å². The second kappa shape index (κ2) is 12.5. The summed E-state index contributed by atoms with van der Waals surface area (Å²) in [6, 6.07) is 0. The molecule has 0 spiro atoms. The van der Waals surface area contributed by atoms with Crippen LogP contribution in [0.3, 0.4) is 0 Å². The van der Waals surface area contributed by atoms with Gasteiger partial charge in [0.25, 0.3) is 0 Å². The van der Waals surface area contributed by atoms with Gasteiger partial charge in [0.15, 0.2) is 0 Å². The summed E-state index contributed by atoms with van der Waals surface area (Å²) >= 11 is 0. The van der Waals surface area contributed by atoms with Crippen LogP contribution < -0.4 is 0 Å². The largest absolute Gasteiger partial charge is 0.466 e. The summed E-state index contributed by atoms with van der Waals surface area (Å²) in [5.74, 6) is -0.0398. The van der Waals surface area contributed by atoms with Crippen molar-refractivity contribution in [1.82, 2.24) is 0 Å². The third kappa shape index (κ3) is 11.5. The van der Waals surface area contributed by atoms with E-state index < -0.39 is 0 Å². The molecule has 0 aromatic rings. The Morgan fingerprint density at radius 3 is 2.38 bits per heavy atom. The summed E-state index contributed by atoms with van der Waals surface area (Å²) in [7, 11) is 0. The van der Waals surface area contributed by atoms with Gasteiger partial charge in [0, 0.05) is 6.42 Å². The van der Waals surface area contributed by atoms with Crippen LogP contribution in [0.4, 0.5) is 0 Å². The van der Waals surface area contributed by atoms with E-state index in [1.165, 1.54) is 32.1 Å². The van der Waals surface area contributed by atoms with Crippen LogP contribution in [0, 0.1) is 6.92 Å². The summed E-state index contributed by atoms with van der Waals surface area (Å²) in [6.07, 6.45) is 10.8. The van der Waals surface area contributed by atoms with E-state index in [4.69, 9.17) is 4.74 Å². The van der Waals surface area contributed by atoms with Gasteiger partial charge in [0.05, 0.1) is 6.61 Å². The number of ether oxygens (including phenoxy) is 1. The van der Waals surface area contributed by atoms with Gasteiger partial charge in [-0.15, -0.1) is 0 Å².